The van der Waals surface area contributed by atoms with Crippen molar-refractivity contribution in [1.29, 1.82) is 0 Å². The highest BCUT2D eigenvalue weighted by Gasteiger charge is 1.98. The number of carboxylic acids is 2. The fourth-order valence-electron chi connectivity index (χ4n) is 1.97. The summed E-state index contributed by atoms with van der Waals surface area (Å²) in [6.45, 7) is 1.26. The van der Waals surface area contributed by atoms with Crippen LogP contribution in [0.15, 0.2) is 0 Å². The maximum atomic E-state index is 10.3. The van der Waals surface area contributed by atoms with Crippen LogP contribution in [0.4, 0.5) is 0 Å². The highest BCUT2D eigenvalue weighted by molar-refractivity contribution is 5.66. The lowest BCUT2D eigenvalue weighted by molar-refractivity contribution is -0.138. The van der Waals surface area contributed by atoms with Crippen LogP contribution in [0.3, 0.4) is 0 Å². The molecule has 0 aromatic carbocycles. The molecule has 5 nitrogen and oxygen atoms in total. The summed E-state index contributed by atoms with van der Waals surface area (Å²) in [5, 5.41) is 16.9. The second kappa shape index (κ2) is 14.3. The Bertz CT molecular complexity index is 227. The molecule has 0 heterocycles. The lowest BCUT2D eigenvalue weighted by atomic mass is 10.1. The number of hydrogen-bond acceptors (Lipinski definition) is 3. The first-order chi connectivity index (χ1) is 9.63. The number of unbranched alkanes of at least 4 members (excludes halogenated alkanes) is 7. The molecule has 0 bridgehead atoms. The molecule has 0 aliphatic heterocycles. The summed E-state index contributed by atoms with van der Waals surface area (Å²) in [7, 11) is 0. The van der Waals surface area contributed by atoms with Crippen LogP contribution in [0.25, 0.3) is 0 Å². The van der Waals surface area contributed by atoms with E-state index in [9.17, 15) is 9.59 Å². The van der Waals surface area contributed by atoms with Gasteiger partial charge < -0.3 is 14.9 Å². The summed E-state index contributed by atoms with van der Waals surface area (Å²) in [6.07, 6.45) is 9.74. The van der Waals surface area contributed by atoms with Crippen LogP contribution < -0.4 is 0 Å². The number of carbonyl (C=O) groups is 2. The Kier molecular flexibility index (Phi) is 13.5. The standard InChI is InChI=1S/C15H28O5/c16-14(17)10-7-5-3-1-2-4-6-8-12-20-13-9-11-15(18)19/h1-13H2,(H,16,17)(H,18,19). The van der Waals surface area contributed by atoms with E-state index in [0.717, 1.165) is 38.7 Å². The largest absolute Gasteiger partial charge is 0.481 e. The minimum Gasteiger partial charge on any atom is -0.481 e. The summed E-state index contributed by atoms with van der Waals surface area (Å²) in [5.41, 5.74) is 0. The molecule has 5 heteroatoms. The summed E-state index contributed by atoms with van der Waals surface area (Å²) in [6, 6.07) is 0. The quantitative estimate of drug-likeness (QED) is 0.451. The van der Waals surface area contributed by atoms with Crippen LogP contribution in [0, 0.1) is 0 Å². The van der Waals surface area contributed by atoms with E-state index in [2.05, 4.69) is 0 Å². The molecule has 0 aromatic heterocycles. The van der Waals surface area contributed by atoms with E-state index in [4.69, 9.17) is 14.9 Å². The number of aliphatic carboxylic acids is 2. The van der Waals surface area contributed by atoms with Gasteiger partial charge in [0, 0.05) is 26.1 Å². The molecule has 20 heavy (non-hydrogen) atoms. The number of ether oxygens (including phenoxy) is 1. The second-order valence-electron chi connectivity index (χ2n) is 5.08. The molecule has 0 aliphatic rings. The van der Waals surface area contributed by atoms with Gasteiger partial charge in [-0.25, -0.2) is 0 Å². The van der Waals surface area contributed by atoms with Crippen LogP contribution >= 0.6 is 0 Å². The van der Waals surface area contributed by atoms with Crippen LogP contribution in [-0.2, 0) is 14.3 Å². The smallest absolute Gasteiger partial charge is 0.303 e. The van der Waals surface area contributed by atoms with Crippen molar-refractivity contribution in [3.05, 3.63) is 0 Å². The zero-order chi connectivity index (χ0) is 15.1. The monoisotopic (exact) mass is 288 g/mol. The molecule has 0 unspecified atom stereocenters. The molecule has 0 rings (SSSR count). The van der Waals surface area contributed by atoms with Gasteiger partial charge in [-0.15, -0.1) is 0 Å². The highest BCUT2D eigenvalue weighted by atomic mass is 16.5. The van der Waals surface area contributed by atoms with Crippen molar-refractivity contribution in [2.45, 2.75) is 70.6 Å². The summed E-state index contributed by atoms with van der Waals surface area (Å²) in [5.74, 6) is -1.47. The average molecular weight is 288 g/mol. The first-order valence-electron chi connectivity index (χ1n) is 7.64. The first kappa shape index (κ1) is 18.9. The Morgan fingerprint density at radius 3 is 1.55 bits per heavy atom. The predicted octanol–water partition coefficient (Wildman–Crippen LogP) is 3.46. The zero-order valence-corrected chi connectivity index (χ0v) is 12.3. The molecule has 0 atom stereocenters. The molecule has 0 radical (unpaired) electrons. The third kappa shape index (κ3) is 16.9. The van der Waals surface area contributed by atoms with E-state index in [1.165, 1.54) is 19.3 Å². The van der Waals surface area contributed by atoms with Crippen molar-refractivity contribution in [3.63, 3.8) is 0 Å². The van der Waals surface area contributed by atoms with Crippen molar-refractivity contribution in [2.75, 3.05) is 13.2 Å². The third-order valence-electron chi connectivity index (χ3n) is 3.11. The Hall–Kier alpha value is -1.10. The van der Waals surface area contributed by atoms with E-state index in [1.807, 2.05) is 0 Å². The molecule has 0 aliphatic carbocycles. The molecule has 2 N–H and O–H groups in total. The zero-order valence-electron chi connectivity index (χ0n) is 12.3. The normalized spacial score (nSPS) is 10.6. The van der Waals surface area contributed by atoms with Gasteiger partial charge in [-0.05, 0) is 19.3 Å². The molecule has 0 aromatic rings. The fourth-order valence-corrected chi connectivity index (χ4v) is 1.97. The molecule has 0 spiro atoms. The van der Waals surface area contributed by atoms with E-state index in [1.54, 1.807) is 0 Å². The van der Waals surface area contributed by atoms with Crippen LogP contribution in [0.2, 0.25) is 0 Å². The van der Waals surface area contributed by atoms with Crippen molar-refractivity contribution >= 4 is 11.9 Å². The molecule has 0 saturated carbocycles. The van der Waals surface area contributed by atoms with Gasteiger partial charge >= 0.3 is 11.9 Å². The van der Waals surface area contributed by atoms with E-state index in [0.29, 0.717) is 19.4 Å². The van der Waals surface area contributed by atoms with E-state index in [-0.39, 0.29) is 6.42 Å². The van der Waals surface area contributed by atoms with Crippen molar-refractivity contribution in [2.24, 2.45) is 0 Å². The lowest BCUT2D eigenvalue weighted by Gasteiger charge is -2.03. The van der Waals surface area contributed by atoms with Gasteiger partial charge in [0.2, 0.25) is 0 Å². The van der Waals surface area contributed by atoms with Crippen LogP contribution in [-0.4, -0.2) is 35.4 Å². The molecule has 0 saturated heterocycles. The second-order valence-corrected chi connectivity index (χ2v) is 5.08. The van der Waals surface area contributed by atoms with Gasteiger partial charge in [0.25, 0.3) is 0 Å². The molecular weight excluding hydrogens is 260 g/mol. The number of rotatable bonds is 15. The fraction of sp³-hybridized carbons (Fsp3) is 0.867. The number of hydrogen-bond donors (Lipinski definition) is 2. The summed E-state index contributed by atoms with van der Waals surface area (Å²) < 4.78 is 5.35. The molecule has 0 amide bonds. The predicted molar refractivity (Wildman–Crippen MR) is 76.9 cm³/mol. The van der Waals surface area contributed by atoms with Crippen molar-refractivity contribution in [1.82, 2.24) is 0 Å². The average Bonchev–Trinajstić information content (AvgIpc) is 2.38. The minimum absolute atomic E-state index is 0.182. The SMILES string of the molecule is O=C(O)CCCCCCCCCCOCCCC(=O)O. The van der Waals surface area contributed by atoms with Gasteiger partial charge in [-0.3, -0.25) is 9.59 Å². The summed E-state index contributed by atoms with van der Waals surface area (Å²) in [4.78, 5) is 20.5. The Labute approximate surface area is 121 Å². The molecular formula is C15H28O5. The van der Waals surface area contributed by atoms with Gasteiger partial charge in [0.1, 0.15) is 0 Å². The van der Waals surface area contributed by atoms with Crippen LogP contribution in [0.1, 0.15) is 70.6 Å². The van der Waals surface area contributed by atoms with Crippen molar-refractivity contribution < 1.29 is 24.5 Å². The Balaban J connectivity index is 2.99. The lowest BCUT2D eigenvalue weighted by Crippen LogP contribution is -2.01. The summed E-state index contributed by atoms with van der Waals surface area (Å²) >= 11 is 0. The number of carboxylic acid groups (broad SMARTS) is 2. The Morgan fingerprint density at radius 1 is 0.600 bits per heavy atom. The minimum atomic E-state index is -0.767. The van der Waals surface area contributed by atoms with Gasteiger partial charge in [-0.2, -0.15) is 0 Å². The van der Waals surface area contributed by atoms with E-state index < -0.39 is 11.9 Å². The maximum absolute atomic E-state index is 10.3. The van der Waals surface area contributed by atoms with Crippen LogP contribution in [0.5, 0.6) is 0 Å². The van der Waals surface area contributed by atoms with Crippen molar-refractivity contribution in [3.8, 4) is 0 Å². The highest BCUT2D eigenvalue weighted by Crippen LogP contribution is 2.09. The van der Waals surface area contributed by atoms with Gasteiger partial charge in [0.05, 0.1) is 0 Å². The maximum Gasteiger partial charge on any atom is 0.303 e. The van der Waals surface area contributed by atoms with Gasteiger partial charge in [0.15, 0.2) is 0 Å². The molecule has 0 fully saturated rings. The van der Waals surface area contributed by atoms with E-state index >= 15 is 0 Å². The Morgan fingerprint density at radius 2 is 1.00 bits per heavy atom. The van der Waals surface area contributed by atoms with Gasteiger partial charge in [-0.1, -0.05) is 38.5 Å². The topological polar surface area (TPSA) is 83.8 Å². The molecule has 118 valence electrons. The third-order valence-corrected chi connectivity index (χ3v) is 3.11. The first-order valence-corrected chi connectivity index (χ1v) is 7.64.